The topological polar surface area (TPSA) is 46.6 Å². The summed E-state index contributed by atoms with van der Waals surface area (Å²) in [6.07, 6.45) is -0.195. The quantitative estimate of drug-likeness (QED) is 0.729. The maximum atomic E-state index is 12.1. The number of amides is 1. The van der Waals surface area contributed by atoms with Crippen molar-refractivity contribution in [1.82, 2.24) is 0 Å². The van der Waals surface area contributed by atoms with E-state index in [0.29, 0.717) is 22.8 Å². The van der Waals surface area contributed by atoms with Gasteiger partial charge in [-0.25, -0.2) is 4.79 Å². The van der Waals surface area contributed by atoms with Gasteiger partial charge in [-0.05, 0) is 32.9 Å². The second-order valence-electron chi connectivity index (χ2n) is 5.44. The SMILES string of the molecule is CC(C)(C)OC(=O)N1CCC(=O)c2c(Cl)cccc21. The van der Waals surface area contributed by atoms with E-state index in [2.05, 4.69) is 0 Å². The van der Waals surface area contributed by atoms with Crippen molar-refractivity contribution in [2.75, 3.05) is 11.4 Å². The summed E-state index contributed by atoms with van der Waals surface area (Å²) in [5.74, 6) is -0.0413. The van der Waals surface area contributed by atoms with Crippen LogP contribution >= 0.6 is 11.6 Å². The van der Waals surface area contributed by atoms with Crippen LogP contribution in [0.1, 0.15) is 37.6 Å². The predicted molar refractivity (Wildman–Crippen MR) is 74.0 cm³/mol. The Labute approximate surface area is 117 Å². The fourth-order valence-electron chi connectivity index (χ4n) is 1.98. The van der Waals surface area contributed by atoms with Crippen LogP contribution in [-0.4, -0.2) is 24.0 Å². The van der Waals surface area contributed by atoms with Crippen LogP contribution in [0.15, 0.2) is 18.2 Å². The highest BCUT2D eigenvalue weighted by atomic mass is 35.5. The lowest BCUT2D eigenvalue weighted by Gasteiger charge is -2.31. The molecule has 0 aliphatic carbocycles. The van der Waals surface area contributed by atoms with E-state index in [1.165, 1.54) is 4.90 Å². The van der Waals surface area contributed by atoms with E-state index in [-0.39, 0.29) is 12.2 Å². The number of ether oxygens (including phenoxy) is 1. The summed E-state index contributed by atoms with van der Waals surface area (Å²) in [6.45, 7) is 5.73. The maximum Gasteiger partial charge on any atom is 0.414 e. The third-order valence-corrected chi connectivity index (χ3v) is 3.05. The van der Waals surface area contributed by atoms with Crippen LogP contribution in [0.2, 0.25) is 5.02 Å². The zero-order valence-corrected chi connectivity index (χ0v) is 12.0. The van der Waals surface area contributed by atoms with E-state index in [0.717, 1.165) is 0 Å². The predicted octanol–water partition coefficient (Wildman–Crippen LogP) is 3.67. The first-order valence-corrected chi connectivity index (χ1v) is 6.49. The molecule has 0 atom stereocenters. The molecule has 0 unspecified atom stereocenters. The third kappa shape index (κ3) is 2.89. The summed E-state index contributed by atoms with van der Waals surface area (Å²) in [5, 5.41) is 0.371. The Bertz CT molecular complexity index is 534. The molecule has 1 amide bonds. The van der Waals surface area contributed by atoms with E-state index in [1.54, 1.807) is 39.0 Å². The monoisotopic (exact) mass is 281 g/mol. The molecule has 0 saturated carbocycles. The first-order chi connectivity index (χ1) is 8.79. The number of nitrogens with zero attached hydrogens (tertiary/aromatic N) is 1. The summed E-state index contributed by atoms with van der Waals surface area (Å²) in [5.41, 5.74) is 0.358. The van der Waals surface area contributed by atoms with Crippen molar-refractivity contribution in [2.24, 2.45) is 0 Å². The number of benzene rings is 1. The molecule has 1 heterocycles. The second kappa shape index (κ2) is 4.85. The van der Waals surface area contributed by atoms with Crippen LogP contribution < -0.4 is 4.90 Å². The number of carbonyl (C=O) groups is 2. The minimum Gasteiger partial charge on any atom is -0.443 e. The Morgan fingerprint density at radius 1 is 1.37 bits per heavy atom. The van der Waals surface area contributed by atoms with Crippen molar-refractivity contribution in [3.63, 3.8) is 0 Å². The van der Waals surface area contributed by atoms with E-state index < -0.39 is 11.7 Å². The molecule has 0 spiro atoms. The van der Waals surface area contributed by atoms with E-state index >= 15 is 0 Å². The van der Waals surface area contributed by atoms with E-state index in [9.17, 15) is 9.59 Å². The molecule has 0 fully saturated rings. The standard InChI is InChI=1S/C14H16ClNO3/c1-14(2,3)19-13(18)16-8-7-11(17)12-9(15)5-4-6-10(12)16/h4-6H,7-8H2,1-3H3. The number of rotatable bonds is 0. The molecule has 0 saturated heterocycles. The first kappa shape index (κ1) is 13.9. The Kier molecular flexibility index (Phi) is 3.54. The van der Waals surface area contributed by atoms with Crippen molar-refractivity contribution in [3.05, 3.63) is 28.8 Å². The minimum atomic E-state index is -0.572. The molecule has 1 aliphatic heterocycles. The van der Waals surface area contributed by atoms with Gasteiger partial charge in [-0.2, -0.15) is 0 Å². The van der Waals surface area contributed by atoms with E-state index in [4.69, 9.17) is 16.3 Å². The Morgan fingerprint density at radius 2 is 2.05 bits per heavy atom. The molecule has 1 aromatic rings. The summed E-state index contributed by atoms with van der Waals surface area (Å²) in [6, 6.07) is 5.08. The summed E-state index contributed by atoms with van der Waals surface area (Å²) >= 11 is 6.04. The van der Waals surface area contributed by atoms with Crippen LogP contribution in [0, 0.1) is 0 Å². The molecule has 0 N–H and O–H groups in total. The van der Waals surface area contributed by atoms with Crippen molar-refractivity contribution >= 4 is 29.2 Å². The van der Waals surface area contributed by atoms with Crippen LogP contribution in [0.4, 0.5) is 10.5 Å². The van der Waals surface area contributed by atoms with Gasteiger partial charge in [-0.15, -0.1) is 0 Å². The molecule has 19 heavy (non-hydrogen) atoms. The van der Waals surface area contributed by atoms with Gasteiger partial charge in [-0.1, -0.05) is 17.7 Å². The molecule has 102 valence electrons. The third-order valence-electron chi connectivity index (χ3n) is 2.74. The normalized spacial score (nSPS) is 15.2. The number of halogens is 1. The molecule has 2 rings (SSSR count). The molecule has 0 radical (unpaired) electrons. The van der Waals surface area contributed by atoms with Crippen molar-refractivity contribution in [2.45, 2.75) is 32.8 Å². The van der Waals surface area contributed by atoms with Crippen LogP contribution in [-0.2, 0) is 4.74 Å². The second-order valence-corrected chi connectivity index (χ2v) is 5.85. The number of ketones is 1. The van der Waals surface area contributed by atoms with Gasteiger partial charge >= 0.3 is 6.09 Å². The number of hydrogen-bond donors (Lipinski definition) is 0. The molecular formula is C14H16ClNO3. The van der Waals surface area contributed by atoms with Crippen molar-refractivity contribution < 1.29 is 14.3 Å². The smallest absolute Gasteiger partial charge is 0.414 e. The lowest BCUT2D eigenvalue weighted by Crippen LogP contribution is -2.41. The largest absolute Gasteiger partial charge is 0.443 e. The van der Waals surface area contributed by atoms with Crippen LogP contribution in [0.25, 0.3) is 0 Å². The van der Waals surface area contributed by atoms with Gasteiger partial charge in [-0.3, -0.25) is 9.69 Å². The van der Waals surface area contributed by atoms with Gasteiger partial charge in [0.25, 0.3) is 0 Å². The summed E-state index contributed by atoms with van der Waals surface area (Å²) < 4.78 is 5.34. The number of carbonyl (C=O) groups excluding carboxylic acids is 2. The molecule has 1 aliphatic rings. The molecular weight excluding hydrogens is 266 g/mol. The van der Waals surface area contributed by atoms with Gasteiger partial charge in [0.2, 0.25) is 0 Å². The Hall–Kier alpha value is -1.55. The number of hydrogen-bond acceptors (Lipinski definition) is 3. The minimum absolute atomic E-state index is 0.0413. The number of fused-ring (bicyclic) bond motifs is 1. The highest BCUT2D eigenvalue weighted by Gasteiger charge is 2.31. The van der Waals surface area contributed by atoms with Gasteiger partial charge in [0.05, 0.1) is 16.3 Å². The maximum absolute atomic E-state index is 12.1. The lowest BCUT2D eigenvalue weighted by molar-refractivity contribution is 0.0577. The zero-order valence-electron chi connectivity index (χ0n) is 11.2. The fraction of sp³-hybridized carbons (Fsp3) is 0.429. The van der Waals surface area contributed by atoms with Crippen molar-refractivity contribution in [1.29, 1.82) is 0 Å². The molecule has 5 heteroatoms. The lowest BCUT2D eigenvalue weighted by atomic mass is 10.0. The Morgan fingerprint density at radius 3 is 2.68 bits per heavy atom. The highest BCUT2D eigenvalue weighted by Crippen LogP contribution is 2.33. The molecule has 0 aromatic heterocycles. The van der Waals surface area contributed by atoms with Crippen LogP contribution in [0.3, 0.4) is 0 Å². The van der Waals surface area contributed by atoms with Crippen molar-refractivity contribution in [3.8, 4) is 0 Å². The van der Waals surface area contributed by atoms with Crippen LogP contribution in [0.5, 0.6) is 0 Å². The summed E-state index contributed by atoms with van der Waals surface area (Å²) in [7, 11) is 0. The Balaban J connectivity index is 2.37. The molecule has 4 nitrogen and oxygen atoms in total. The van der Waals surface area contributed by atoms with Gasteiger partial charge in [0.15, 0.2) is 5.78 Å². The van der Waals surface area contributed by atoms with E-state index in [1.807, 2.05) is 0 Å². The zero-order chi connectivity index (χ0) is 14.2. The van der Waals surface area contributed by atoms with Gasteiger partial charge in [0, 0.05) is 13.0 Å². The number of Topliss-reactive ketones (excluding diaryl/α,β-unsaturated/α-hetero) is 1. The average molecular weight is 282 g/mol. The first-order valence-electron chi connectivity index (χ1n) is 6.12. The fourth-order valence-corrected chi connectivity index (χ4v) is 2.25. The van der Waals surface area contributed by atoms with Gasteiger partial charge in [0.1, 0.15) is 5.60 Å². The molecule has 1 aromatic carbocycles. The number of anilines is 1. The van der Waals surface area contributed by atoms with Gasteiger partial charge < -0.3 is 4.74 Å². The average Bonchev–Trinajstić information content (AvgIpc) is 2.26. The highest BCUT2D eigenvalue weighted by molar-refractivity contribution is 6.35. The molecule has 0 bridgehead atoms. The summed E-state index contributed by atoms with van der Waals surface area (Å²) in [4.78, 5) is 25.5.